The van der Waals surface area contributed by atoms with Gasteiger partial charge in [-0.2, -0.15) is 0 Å². The second-order valence-corrected chi connectivity index (χ2v) is 6.85. The summed E-state index contributed by atoms with van der Waals surface area (Å²) in [4.78, 5) is 30.0. The predicted molar refractivity (Wildman–Crippen MR) is 80.8 cm³/mol. The first-order chi connectivity index (χ1) is 11.0. The van der Waals surface area contributed by atoms with Crippen LogP contribution in [0.3, 0.4) is 0 Å². The van der Waals surface area contributed by atoms with Gasteiger partial charge < -0.3 is 46.6 Å². The third-order valence-electron chi connectivity index (χ3n) is 3.28. The van der Waals surface area contributed by atoms with E-state index in [1.807, 2.05) is 0 Å². The van der Waals surface area contributed by atoms with E-state index in [1.54, 1.807) is 0 Å². The molecule has 24 heavy (non-hydrogen) atoms. The largest absolute Gasteiger partial charge is 0.478 e. The van der Waals surface area contributed by atoms with E-state index >= 15 is 0 Å². The first kappa shape index (κ1) is 21.0. The van der Waals surface area contributed by atoms with Gasteiger partial charge in [0.1, 0.15) is 24.6 Å². The van der Waals surface area contributed by atoms with Gasteiger partial charge in [-0.15, -0.1) is 0 Å². The lowest BCUT2D eigenvalue weighted by atomic mass is 9.93. The van der Waals surface area contributed by atoms with E-state index < -0.39 is 62.3 Å². The molecule has 0 radical (unpaired) electrons. The number of rotatable bonds is 7. The van der Waals surface area contributed by atoms with Gasteiger partial charge in [0.25, 0.3) is 0 Å². The van der Waals surface area contributed by atoms with Gasteiger partial charge in [-0.3, -0.25) is 14.7 Å². The number of aliphatic hydroxyl groups is 3. The SMILES string of the molecule is CC(=O)N[C@H]1[C@H]([C@H](O)[C@H](O)CO)OC(P(=O)(O)O)=C[C@@H]1NC(N)N. The number of aliphatic hydroxyl groups excluding tert-OH is 3. The fraction of sp³-hybridized carbons (Fsp3) is 0.727. The van der Waals surface area contributed by atoms with Crippen LogP contribution >= 0.6 is 7.60 Å². The van der Waals surface area contributed by atoms with E-state index in [2.05, 4.69) is 10.6 Å². The molecule has 0 aromatic carbocycles. The molecular formula is C11H23N4O8P. The average molecular weight is 370 g/mol. The standard InChI is InChI=1S/C11H23N4O8P/c1-4(17)14-8-5(15-11(12)13)2-7(24(20,21)22)23-10(8)9(19)6(18)3-16/h2,5-6,8-11,15-16,18-19H,3,12-13H2,1H3,(H,14,17)(H2,20,21,22)/t5-,6+,8+,9+,10+/m0/s1. The summed E-state index contributed by atoms with van der Waals surface area (Å²) < 4.78 is 16.6. The Morgan fingerprint density at radius 2 is 2.00 bits per heavy atom. The minimum absolute atomic E-state index is 0.537. The van der Waals surface area contributed by atoms with E-state index in [0.717, 1.165) is 6.08 Å². The van der Waals surface area contributed by atoms with E-state index in [4.69, 9.17) is 21.3 Å². The van der Waals surface area contributed by atoms with Gasteiger partial charge in [-0.05, 0) is 6.08 Å². The molecule has 0 aromatic rings. The second kappa shape index (κ2) is 8.34. The summed E-state index contributed by atoms with van der Waals surface area (Å²) in [5.41, 5.74) is 10.1. The molecule has 0 unspecified atom stereocenters. The first-order valence-electron chi connectivity index (χ1n) is 6.93. The lowest BCUT2D eigenvalue weighted by Crippen LogP contribution is -2.65. The van der Waals surface area contributed by atoms with Crippen LogP contribution in [-0.2, 0) is 14.1 Å². The molecular weight excluding hydrogens is 347 g/mol. The molecule has 0 aliphatic carbocycles. The average Bonchev–Trinajstić information content (AvgIpc) is 2.45. The van der Waals surface area contributed by atoms with Crippen molar-refractivity contribution in [3.63, 3.8) is 0 Å². The molecule has 140 valence electrons. The number of carbonyl (C=O) groups is 1. The summed E-state index contributed by atoms with van der Waals surface area (Å²) in [7, 11) is -4.85. The van der Waals surface area contributed by atoms with Crippen LogP contribution in [0.2, 0.25) is 0 Å². The lowest BCUT2D eigenvalue weighted by molar-refractivity contribution is -0.126. The Morgan fingerprint density at radius 3 is 2.42 bits per heavy atom. The van der Waals surface area contributed by atoms with Crippen molar-refractivity contribution < 1.29 is 39.2 Å². The maximum atomic E-state index is 11.5. The number of ether oxygens (including phenoxy) is 1. The highest BCUT2D eigenvalue weighted by molar-refractivity contribution is 7.56. The molecule has 1 heterocycles. The summed E-state index contributed by atoms with van der Waals surface area (Å²) in [6.07, 6.45) is -5.04. The molecule has 1 rings (SSSR count). The van der Waals surface area contributed by atoms with Crippen LogP contribution in [0.4, 0.5) is 0 Å². The fourth-order valence-corrected chi connectivity index (χ4v) is 2.88. The highest BCUT2D eigenvalue weighted by atomic mass is 31.2. The number of hydrogen-bond acceptors (Lipinski definition) is 9. The molecule has 5 atom stereocenters. The number of nitrogens with two attached hydrogens (primary N) is 2. The van der Waals surface area contributed by atoms with Crippen molar-refractivity contribution in [3.05, 3.63) is 11.6 Å². The lowest BCUT2D eigenvalue weighted by Gasteiger charge is -2.41. The van der Waals surface area contributed by atoms with Gasteiger partial charge in [-0.25, -0.2) is 0 Å². The van der Waals surface area contributed by atoms with E-state index in [1.165, 1.54) is 6.92 Å². The summed E-state index contributed by atoms with van der Waals surface area (Å²) in [5.74, 6) is -0.537. The Balaban J connectivity index is 3.28. The van der Waals surface area contributed by atoms with Crippen molar-refractivity contribution in [1.29, 1.82) is 0 Å². The van der Waals surface area contributed by atoms with Crippen LogP contribution in [0.15, 0.2) is 11.6 Å². The maximum absolute atomic E-state index is 11.5. The molecule has 0 saturated heterocycles. The smallest absolute Gasteiger partial charge is 0.390 e. The van der Waals surface area contributed by atoms with Crippen molar-refractivity contribution in [2.45, 2.75) is 43.6 Å². The quantitative estimate of drug-likeness (QED) is 0.154. The Hall–Kier alpha value is -1.08. The Kier molecular flexibility index (Phi) is 7.28. The normalized spacial score (nSPS) is 27.2. The number of hydrogen-bond donors (Lipinski definition) is 9. The molecule has 0 fully saturated rings. The summed E-state index contributed by atoms with van der Waals surface area (Å²) in [6, 6.07) is -2.10. The zero-order chi connectivity index (χ0) is 18.7. The van der Waals surface area contributed by atoms with Crippen molar-refractivity contribution in [3.8, 4) is 0 Å². The Morgan fingerprint density at radius 1 is 1.42 bits per heavy atom. The summed E-state index contributed by atoms with van der Waals surface area (Å²) in [5, 5.41) is 33.7. The van der Waals surface area contributed by atoms with Crippen LogP contribution < -0.4 is 22.1 Å². The minimum atomic E-state index is -4.85. The molecule has 0 aromatic heterocycles. The van der Waals surface area contributed by atoms with Crippen LogP contribution in [0, 0.1) is 0 Å². The van der Waals surface area contributed by atoms with Crippen molar-refractivity contribution in [1.82, 2.24) is 10.6 Å². The Labute approximate surface area is 137 Å². The van der Waals surface area contributed by atoms with E-state index in [-0.39, 0.29) is 0 Å². The van der Waals surface area contributed by atoms with Gasteiger partial charge in [0.2, 0.25) is 11.4 Å². The molecule has 13 heteroatoms. The molecule has 1 aliphatic rings. The highest BCUT2D eigenvalue weighted by Crippen LogP contribution is 2.48. The maximum Gasteiger partial charge on any atom is 0.390 e. The number of amides is 1. The third kappa shape index (κ3) is 5.48. The molecule has 1 aliphatic heterocycles. The van der Waals surface area contributed by atoms with Crippen molar-refractivity contribution >= 4 is 13.5 Å². The number of nitrogens with one attached hydrogen (secondary N) is 2. The first-order valence-corrected chi connectivity index (χ1v) is 8.54. The van der Waals surface area contributed by atoms with Crippen molar-refractivity contribution in [2.24, 2.45) is 11.5 Å². The summed E-state index contributed by atoms with van der Waals surface area (Å²) in [6.45, 7) is 0.338. The minimum Gasteiger partial charge on any atom is -0.478 e. The second-order valence-electron chi connectivity index (χ2n) is 5.32. The summed E-state index contributed by atoms with van der Waals surface area (Å²) >= 11 is 0. The van der Waals surface area contributed by atoms with E-state index in [9.17, 15) is 29.4 Å². The molecule has 0 spiro atoms. The topological polar surface area (TPSA) is 221 Å². The van der Waals surface area contributed by atoms with Gasteiger partial charge in [0.05, 0.1) is 18.7 Å². The Bertz CT molecular complexity index is 524. The molecule has 11 N–H and O–H groups in total. The monoisotopic (exact) mass is 370 g/mol. The zero-order valence-electron chi connectivity index (χ0n) is 12.8. The third-order valence-corrected chi connectivity index (χ3v) is 4.11. The fourth-order valence-electron chi connectivity index (χ4n) is 2.27. The van der Waals surface area contributed by atoms with Crippen LogP contribution in [0.1, 0.15) is 6.92 Å². The van der Waals surface area contributed by atoms with Crippen LogP contribution in [0.5, 0.6) is 0 Å². The van der Waals surface area contributed by atoms with Crippen molar-refractivity contribution in [2.75, 3.05) is 6.61 Å². The molecule has 0 bridgehead atoms. The van der Waals surface area contributed by atoms with Gasteiger partial charge >= 0.3 is 7.60 Å². The zero-order valence-corrected chi connectivity index (χ0v) is 13.7. The highest BCUT2D eigenvalue weighted by Gasteiger charge is 2.45. The van der Waals surface area contributed by atoms with Gasteiger partial charge in [0, 0.05) is 6.92 Å². The van der Waals surface area contributed by atoms with E-state index in [0.29, 0.717) is 0 Å². The number of carbonyl (C=O) groups excluding carboxylic acids is 1. The van der Waals surface area contributed by atoms with Gasteiger partial charge in [-0.1, -0.05) is 0 Å². The van der Waals surface area contributed by atoms with Crippen LogP contribution in [-0.4, -0.2) is 74.3 Å². The predicted octanol–water partition coefficient (Wildman–Crippen LogP) is -4.22. The van der Waals surface area contributed by atoms with Crippen LogP contribution in [0.25, 0.3) is 0 Å². The molecule has 0 saturated carbocycles. The molecule has 1 amide bonds. The molecule has 12 nitrogen and oxygen atoms in total. The van der Waals surface area contributed by atoms with Gasteiger partial charge in [0.15, 0.2) is 0 Å².